The van der Waals surface area contributed by atoms with Crippen molar-refractivity contribution in [3.05, 3.63) is 106 Å². The van der Waals surface area contributed by atoms with Crippen molar-refractivity contribution in [1.29, 1.82) is 5.26 Å². The Morgan fingerprint density at radius 3 is 2.07 bits per heavy atom. The number of carbonyl (C=O) groups excluding carboxylic acids is 2. The minimum atomic E-state index is -1.24. The number of aliphatic hydroxyl groups is 1. The summed E-state index contributed by atoms with van der Waals surface area (Å²) in [5.41, 5.74) is 8.99. The van der Waals surface area contributed by atoms with Crippen LogP contribution in [0.2, 0.25) is 0 Å². The fraction of sp³-hybridized carbons (Fsp3) is 0.364. The van der Waals surface area contributed by atoms with E-state index in [9.17, 15) is 28.7 Å². The minimum Gasteiger partial charge on any atom is -0.390 e. The Kier molecular flexibility index (Phi) is 11.7. The molecular weight excluding hydrogens is 538 g/mol. The lowest BCUT2D eigenvalue weighted by Gasteiger charge is -2.29. The van der Waals surface area contributed by atoms with Gasteiger partial charge in [0.15, 0.2) is 0 Å². The first kappa shape index (κ1) is 32.4. The number of nitriles is 1. The zero-order valence-corrected chi connectivity index (χ0v) is 24.3. The van der Waals surface area contributed by atoms with Crippen LogP contribution < -0.4 is 5.73 Å². The Hall–Kier alpha value is -4.13. The number of amides is 2. The van der Waals surface area contributed by atoms with Crippen molar-refractivity contribution < 1.29 is 23.5 Å². The average Bonchev–Trinajstić information content (AvgIpc) is 2.95. The molecule has 2 atom stereocenters. The zero-order chi connectivity index (χ0) is 30.8. The van der Waals surface area contributed by atoms with Gasteiger partial charge in [-0.2, -0.15) is 5.26 Å². The first-order chi connectivity index (χ1) is 20.0. The molecule has 0 saturated carbocycles. The maximum Gasteiger partial charge on any atom is 0.254 e. The molecule has 0 unspecified atom stereocenters. The molecule has 0 aromatic heterocycles. The van der Waals surface area contributed by atoms with Gasteiger partial charge in [-0.1, -0.05) is 26.0 Å². The third-order valence-electron chi connectivity index (χ3n) is 6.86. The minimum absolute atomic E-state index is 0.0183. The number of carbonyl (C=O) groups is 2. The Balaban J connectivity index is 1.92. The van der Waals surface area contributed by atoms with Gasteiger partial charge in [0.05, 0.1) is 17.7 Å². The average molecular weight is 577 g/mol. The molecule has 0 fully saturated rings. The molecule has 0 bridgehead atoms. The van der Waals surface area contributed by atoms with Crippen LogP contribution in [0.5, 0.6) is 0 Å². The molecule has 222 valence electrons. The standard InChI is InChI=1S/C33H38F2N4O3/c1-4-9-38(10-5-2)32(41)26-11-22(3)12-27(17-26)33(42)39(20-24-8-6-7-23(13-24)19-36)21-31(40)30(37)16-25-14-28(34)18-29(35)15-25/h6-8,11-15,17-18,30-31,40H,4-5,9-10,16,20-21,37H2,1-3H3/t30-,31+/m0/s1. The van der Waals surface area contributed by atoms with Gasteiger partial charge >= 0.3 is 0 Å². The van der Waals surface area contributed by atoms with E-state index in [1.54, 1.807) is 54.3 Å². The smallest absolute Gasteiger partial charge is 0.254 e. The molecule has 9 heteroatoms. The van der Waals surface area contributed by atoms with Crippen LogP contribution in [0.3, 0.4) is 0 Å². The second kappa shape index (κ2) is 15.2. The van der Waals surface area contributed by atoms with Crippen molar-refractivity contribution in [2.75, 3.05) is 19.6 Å². The molecule has 7 nitrogen and oxygen atoms in total. The summed E-state index contributed by atoms with van der Waals surface area (Å²) in [7, 11) is 0. The highest BCUT2D eigenvalue weighted by Gasteiger charge is 2.25. The van der Waals surface area contributed by atoms with Crippen LogP contribution in [0.25, 0.3) is 0 Å². The Morgan fingerprint density at radius 1 is 0.905 bits per heavy atom. The quantitative estimate of drug-likeness (QED) is 0.298. The summed E-state index contributed by atoms with van der Waals surface area (Å²) in [6, 6.07) is 16.0. The molecule has 0 spiro atoms. The molecule has 3 N–H and O–H groups in total. The molecule has 3 aromatic carbocycles. The van der Waals surface area contributed by atoms with Crippen molar-refractivity contribution in [3.63, 3.8) is 0 Å². The van der Waals surface area contributed by atoms with Gasteiger partial charge < -0.3 is 20.6 Å². The van der Waals surface area contributed by atoms with Gasteiger partial charge in [-0.3, -0.25) is 9.59 Å². The molecular formula is C33H38F2N4O3. The Bertz CT molecular complexity index is 1410. The van der Waals surface area contributed by atoms with Gasteiger partial charge in [-0.05, 0) is 85.3 Å². The van der Waals surface area contributed by atoms with Crippen LogP contribution in [0.1, 0.15) is 69.7 Å². The van der Waals surface area contributed by atoms with E-state index in [-0.39, 0.29) is 36.5 Å². The highest BCUT2D eigenvalue weighted by Crippen LogP contribution is 2.19. The van der Waals surface area contributed by atoms with Gasteiger partial charge in [0.1, 0.15) is 11.6 Å². The molecule has 0 heterocycles. The second-order valence-electron chi connectivity index (χ2n) is 10.6. The van der Waals surface area contributed by atoms with Crippen LogP contribution in [0, 0.1) is 29.9 Å². The Morgan fingerprint density at radius 2 is 1.50 bits per heavy atom. The maximum absolute atomic E-state index is 13.9. The van der Waals surface area contributed by atoms with Gasteiger partial charge in [0.25, 0.3) is 11.8 Å². The number of rotatable bonds is 13. The van der Waals surface area contributed by atoms with E-state index in [1.807, 2.05) is 13.8 Å². The first-order valence-electron chi connectivity index (χ1n) is 14.1. The summed E-state index contributed by atoms with van der Waals surface area (Å²) in [5, 5.41) is 20.4. The lowest BCUT2D eigenvalue weighted by atomic mass is 10.00. The lowest BCUT2D eigenvalue weighted by molar-refractivity contribution is 0.0554. The highest BCUT2D eigenvalue weighted by atomic mass is 19.1. The molecule has 2 amide bonds. The second-order valence-corrected chi connectivity index (χ2v) is 10.6. The molecule has 0 aliphatic rings. The predicted molar refractivity (Wildman–Crippen MR) is 158 cm³/mol. The van der Waals surface area contributed by atoms with E-state index in [4.69, 9.17) is 5.73 Å². The summed E-state index contributed by atoms with van der Waals surface area (Å²) in [4.78, 5) is 30.5. The lowest BCUT2D eigenvalue weighted by Crippen LogP contribution is -2.46. The summed E-state index contributed by atoms with van der Waals surface area (Å²) >= 11 is 0. The molecule has 42 heavy (non-hydrogen) atoms. The summed E-state index contributed by atoms with van der Waals surface area (Å²) in [6.45, 7) is 6.88. The van der Waals surface area contributed by atoms with Crippen molar-refractivity contribution in [2.45, 2.75) is 58.7 Å². The predicted octanol–water partition coefficient (Wildman–Crippen LogP) is 4.98. The number of nitrogens with zero attached hydrogens (tertiary/aromatic N) is 3. The van der Waals surface area contributed by atoms with E-state index < -0.39 is 29.7 Å². The van der Waals surface area contributed by atoms with Crippen molar-refractivity contribution in [3.8, 4) is 6.07 Å². The summed E-state index contributed by atoms with van der Waals surface area (Å²) in [6.07, 6.45) is 0.351. The number of benzene rings is 3. The SMILES string of the molecule is CCCN(CCC)C(=O)c1cc(C)cc(C(=O)N(Cc2cccc(C#N)c2)C[C@@H](O)[C@@H](N)Cc2cc(F)cc(F)c2)c1. The zero-order valence-electron chi connectivity index (χ0n) is 24.3. The number of hydrogen-bond acceptors (Lipinski definition) is 5. The first-order valence-corrected chi connectivity index (χ1v) is 14.1. The van der Waals surface area contributed by atoms with Gasteiger partial charge in [-0.15, -0.1) is 0 Å². The van der Waals surface area contributed by atoms with Crippen LogP contribution in [-0.4, -0.2) is 58.5 Å². The third kappa shape index (κ3) is 8.93. The third-order valence-corrected chi connectivity index (χ3v) is 6.86. The van der Waals surface area contributed by atoms with Gasteiger partial charge in [0.2, 0.25) is 0 Å². The van der Waals surface area contributed by atoms with Crippen LogP contribution in [0.15, 0.2) is 60.7 Å². The van der Waals surface area contributed by atoms with E-state index in [0.717, 1.165) is 36.6 Å². The number of aliphatic hydroxyl groups excluding tert-OH is 1. The fourth-order valence-electron chi connectivity index (χ4n) is 4.93. The van der Waals surface area contributed by atoms with E-state index >= 15 is 0 Å². The van der Waals surface area contributed by atoms with Crippen molar-refractivity contribution in [1.82, 2.24) is 9.80 Å². The largest absolute Gasteiger partial charge is 0.390 e. The van der Waals surface area contributed by atoms with Gasteiger partial charge in [0, 0.05) is 49.4 Å². The van der Waals surface area contributed by atoms with Gasteiger partial charge in [-0.25, -0.2) is 8.78 Å². The highest BCUT2D eigenvalue weighted by molar-refractivity contribution is 6.00. The molecule has 3 aromatic rings. The molecule has 0 radical (unpaired) electrons. The van der Waals surface area contributed by atoms with E-state index in [1.165, 1.54) is 4.90 Å². The van der Waals surface area contributed by atoms with Crippen LogP contribution in [0.4, 0.5) is 8.78 Å². The Labute approximate surface area is 246 Å². The maximum atomic E-state index is 13.9. The molecule has 0 aliphatic carbocycles. The normalized spacial score (nSPS) is 12.3. The van der Waals surface area contributed by atoms with Crippen LogP contribution >= 0.6 is 0 Å². The summed E-state index contributed by atoms with van der Waals surface area (Å²) in [5.74, 6) is -2.09. The summed E-state index contributed by atoms with van der Waals surface area (Å²) < 4.78 is 27.4. The van der Waals surface area contributed by atoms with Crippen LogP contribution in [-0.2, 0) is 13.0 Å². The van der Waals surface area contributed by atoms with Crippen molar-refractivity contribution >= 4 is 11.8 Å². The number of hydrogen-bond donors (Lipinski definition) is 2. The number of aryl methyl sites for hydroxylation is 1. The molecule has 0 aliphatic heterocycles. The number of halogens is 2. The van der Waals surface area contributed by atoms with E-state index in [2.05, 4.69) is 6.07 Å². The monoisotopic (exact) mass is 576 g/mol. The molecule has 0 saturated heterocycles. The topological polar surface area (TPSA) is 111 Å². The fourth-order valence-corrected chi connectivity index (χ4v) is 4.93. The van der Waals surface area contributed by atoms with Crippen molar-refractivity contribution in [2.24, 2.45) is 5.73 Å². The number of nitrogens with two attached hydrogens (primary N) is 1. The van der Waals surface area contributed by atoms with E-state index in [0.29, 0.717) is 29.8 Å². The molecule has 3 rings (SSSR count).